The third-order valence-corrected chi connectivity index (χ3v) is 4.21. The number of nitrogens with zero attached hydrogens (tertiary/aromatic N) is 2. The van der Waals surface area contributed by atoms with E-state index >= 15 is 0 Å². The predicted molar refractivity (Wildman–Crippen MR) is 83.1 cm³/mol. The molecular weight excluding hydrogens is 310 g/mol. The van der Waals surface area contributed by atoms with Gasteiger partial charge < -0.3 is 0 Å². The lowest BCUT2D eigenvalue weighted by atomic mass is 10.1. The number of hydrogen-bond donors (Lipinski definition) is 2. The van der Waals surface area contributed by atoms with E-state index in [0.717, 1.165) is 0 Å². The molecule has 0 aliphatic heterocycles. The van der Waals surface area contributed by atoms with E-state index in [0.29, 0.717) is 21.6 Å². The highest BCUT2D eigenvalue weighted by molar-refractivity contribution is 8.13. The van der Waals surface area contributed by atoms with Crippen LogP contribution < -0.4 is 5.32 Å². The van der Waals surface area contributed by atoms with Gasteiger partial charge in [-0.25, -0.2) is 4.99 Å². The molecule has 108 valence electrons. The molecule has 0 saturated heterocycles. The van der Waals surface area contributed by atoms with E-state index < -0.39 is 10.1 Å². The van der Waals surface area contributed by atoms with E-state index in [1.807, 2.05) is 0 Å². The molecule has 0 saturated carbocycles. The molecular formula is C13H11N3O3S2. The van der Waals surface area contributed by atoms with Gasteiger partial charge in [-0.3, -0.25) is 9.87 Å². The average Bonchev–Trinajstić information content (AvgIpc) is 2.45. The highest BCUT2D eigenvalue weighted by atomic mass is 32.2. The summed E-state index contributed by atoms with van der Waals surface area (Å²) in [5, 5.41) is 12.4. The first kappa shape index (κ1) is 15.3. The van der Waals surface area contributed by atoms with Crippen molar-refractivity contribution in [1.29, 1.82) is 5.26 Å². The van der Waals surface area contributed by atoms with Gasteiger partial charge in [0.15, 0.2) is 11.4 Å². The molecule has 8 heteroatoms. The lowest BCUT2D eigenvalue weighted by molar-refractivity contribution is 0.484. The largest absolute Gasteiger partial charge is 0.295 e. The smallest absolute Gasteiger partial charge is 0.282 e. The minimum atomic E-state index is -4.31. The summed E-state index contributed by atoms with van der Waals surface area (Å²) >= 11 is 1.26. The number of aliphatic imine (C=N–C) groups is 1. The van der Waals surface area contributed by atoms with Gasteiger partial charge in [-0.1, -0.05) is 36.0 Å². The van der Waals surface area contributed by atoms with E-state index in [1.54, 1.807) is 36.7 Å². The first-order chi connectivity index (χ1) is 9.97. The van der Waals surface area contributed by atoms with E-state index in [1.165, 1.54) is 23.9 Å². The average molecular weight is 321 g/mol. The van der Waals surface area contributed by atoms with Gasteiger partial charge in [-0.2, -0.15) is 13.7 Å². The lowest BCUT2D eigenvalue weighted by Gasteiger charge is -2.07. The Balaban J connectivity index is 2.72. The van der Waals surface area contributed by atoms with Crippen LogP contribution in [0.4, 0.5) is 5.69 Å². The Hall–Kier alpha value is -2.08. The number of nitrogens with one attached hydrogen (secondary N) is 1. The third-order valence-electron chi connectivity index (χ3n) is 2.72. The normalized spacial score (nSPS) is 12.1. The number of benzene rings is 2. The van der Waals surface area contributed by atoms with Crippen LogP contribution in [-0.4, -0.2) is 24.4 Å². The van der Waals surface area contributed by atoms with Crippen LogP contribution in [0.25, 0.3) is 10.8 Å². The number of hydrogen-bond acceptors (Lipinski definition) is 5. The third kappa shape index (κ3) is 3.33. The van der Waals surface area contributed by atoms with Crippen LogP contribution >= 0.6 is 11.8 Å². The maximum absolute atomic E-state index is 11.4. The maximum Gasteiger partial charge on any atom is 0.295 e. The van der Waals surface area contributed by atoms with Crippen molar-refractivity contribution in [3.63, 3.8) is 0 Å². The van der Waals surface area contributed by atoms with Crippen molar-refractivity contribution >= 4 is 43.5 Å². The second kappa shape index (κ2) is 6.13. The van der Waals surface area contributed by atoms with Crippen LogP contribution in [0.1, 0.15) is 0 Å². The Kier molecular flexibility index (Phi) is 4.47. The van der Waals surface area contributed by atoms with Crippen molar-refractivity contribution in [2.45, 2.75) is 4.90 Å². The fourth-order valence-electron chi connectivity index (χ4n) is 1.86. The van der Waals surface area contributed by atoms with Crippen molar-refractivity contribution in [2.75, 3.05) is 6.26 Å². The topological polar surface area (TPSA) is 103 Å². The molecule has 0 spiro atoms. The highest BCUT2D eigenvalue weighted by Crippen LogP contribution is 2.31. The van der Waals surface area contributed by atoms with Crippen molar-refractivity contribution in [3.8, 4) is 6.19 Å². The molecule has 2 aromatic carbocycles. The van der Waals surface area contributed by atoms with E-state index in [-0.39, 0.29) is 4.90 Å². The zero-order valence-electron chi connectivity index (χ0n) is 10.9. The Bertz CT molecular complexity index is 855. The molecule has 6 nitrogen and oxygen atoms in total. The second-order valence-electron chi connectivity index (χ2n) is 3.96. The summed E-state index contributed by atoms with van der Waals surface area (Å²) in [6.45, 7) is 0. The summed E-state index contributed by atoms with van der Waals surface area (Å²) < 4.78 is 32.1. The van der Waals surface area contributed by atoms with Crippen LogP contribution in [0.15, 0.2) is 46.3 Å². The van der Waals surface area contributed by atoms with E-state index in [4.69, 9.17) is 5.26 Å². The number of thioether (sulfide) groups is 1. The number of rotatable bonds is 2. The summed E-state index contributed by atoms with van der Waals surface area (Å²) in [4.78, 5) is 4.12. The minimum absolute atomic E-state index is 0.170. The van der Waals surface area contributed by atoms with Gasteiger partial charge in [-0.05, 0) is 18.4 Å². The van der Waals surface area contributed by atoms with Gasteiger partial charge in [0, 0.05) is 10.8 Å². The zero-order chi connectivity index (χ0) is 15.5. The molecule has 0 radical (unpaired) electrons. The first-order valence-electron chi connectivity index (χ1n) is 5.74. The molecule has 0 unspecified atom stereocenters. The molecule has 0 aliphatic rings. The van der Waals surface area contributed by atoms with Gasteiger partial charge in [-0.15, -0.1) is 0 Å². The highest BCUT2D eigenvalue weighted by Gasteiger charge is 2.15. The molecule has 0 aliphatic carbocycles. The van der Waals surface area contributed by atoms with E-state index in [2.05, 4.69) is 10.3 Å². The van der Waals surface area contributed by atoms with E-state index in [9.17, 15) is 13.0 Å². The molecule has 0 atom stereocenters. The molecule has 2 aromatic rings. The van der Waals surface area contributed by atoms with Crippen molar-refractivity contribution < 1.29 is 13.0 Å². The molecule has 2 rings (SSSR count). The molecule has 0 aromatic heterocycles. The monoisotopic (exact) mass is 321 g/mol. The molecule has 0 heterocycles. The van der Waals surface area contributed by atoms with Crippen LogP contribution in [0.3, 0.4) is 0 Å². The molecule has 0 fully saturated rings. The maximum atomic E-state index is 11.4. The van der Waals surface area contributed by atoms with Crippen molar-refractivity contribution in [3.05, 3.63) is 36.4 Å². The quantitative estimate of drug-likeness (QED) is 0.290. The minimum Gasteiger partial charge on any atom is -0.282 e. The number of amidine groups is 1. The fraction of sp³-hybridized carbons (Fsp3) is 0.0769. The summed E-state index contributed by atoms with van der Waals surface area (Å²) in [5.74, 6) is 0. The first-order valence-corrected chi connectivity index (χ1v) is 8.41. The van der Waals surface area contributed by atoms with Gasteiger partial charge in [0.2, 0.25) is 0 Å². The van der Waals surface area contributed by atoms with Crippen LogP contribution in [0.2, 0.25) is 0 Å². The Morgan fingerprint density at radius 2 is 1.95 bits per heavy atom. The summed E-state index contributed by atoms with van der Waals surface area (Å²) in [5.41, 5.74) is 0.505. The van der Waals surface area contributed by atoms with Gasteiger partial charge in [0.05, 0.1) is 5.69 Å². The van der Waals surface area contributed by atoms with Crippen LogP contribution in [0, 0.1) is 11.5 Å². The van der Waals surface area contributed by atoms with Gasteiger partial charge >= 0.3 is 0 Å². The Labute approximate surface area is 126 Å². The predicted octanol–water partition coefficient (Wildman–Crippen LogP) is 2.51. The van der Waals surface area contributed by atoms with Crippen LogP contribution in [-0.2, 0) is 10.1 Å². The summed E-state index contributed by atoms with van der Waals surface area (Å²) in [6, 6.07) is 9.49. The Morgan fingerprint density at radius 1 is 1.29 bits per heavy atom. The van der Waals surface area contributed by atoms with Crippen molar-refractivity contribution in [2.24, 2.45) is 4.99 Å². The molecule has 0 amide bonds. The SMILES string of the molecule is CSC(=Nc1ccc(S(=O)(=O)O)c2ccccc12)NC#N. The standard InChI is InChI=1S/C13H11N3O3S2/c1-20-13(15-8-14)16-11-6-7-12(21(17,18)19)10-5-3-2-4-9(10)11/h2-7H,1H3,(H,15,16)(H,17,18,19). The lowest BCUT2D eigenvalue weighted by Crippen LogP contribution is -2.12. The zero-order valence-corrected chi connectivity index (χ0v) is 12.6. The van der Waals surface area contributed by atoms with Gasteiger partial charge in [0.25, 0.3) is 10.1 Å². The molecule has 2 N–H and O–H groups in total. The summed E-state index contributed by atoms with van der Waals surface area (Å²) in [6.07, 6.45) is 3.55. The fourth-order valence-corrected chi connectivity index (χ4v) is 2.89. The molecule has 0 bridgehead atoms. The Morgan fingerprint density at radius 3 is 2.52 bits per heavy atom. The number of fused-ring (bicyclic) bond motifs is 1. The number of nitriles is 1. The summed E-state index contributed by atoms with van der Waals surface area (Å²) in [7, 11) is -4.31. The van der Waals surface area contributed by atoms with Crippen molar-refractivity contribution in [1.82, 2.24) is 5.32 Å². The second-order valence-corrected chi connectivity index (χ2v) is 6.15. The van der Waals surface area contributed by atoms with Gasteiger partial charge in [0.1, 0.15) is 4.90 Å². The molecule has 21 heavy (non-hydrogen) atoms. The van der Waals surface area contributed by atoms with Crippen LogP contribution in [0.5, 0.6) is 0 Å².